The highest BCUT2D eigenvalue weighted by Crippen LogP contribution is 2.34. The van der Waals surface area contributed by atoms with Gasteiger partial charge < -0.3 is 9.47 Å². The van der Waals surface area contributed by atoms with E-state index in [2.05, 4.69) is 6.07 Å². The van der Waals surface area contributed by atoms with E-state index in [1.54, 1.807) is 21.1 Å². The second-order valence-electron chi connectivity index (χ2n) is 5.47. The Morgan fingerprint density at radius 3 is 2.71 bits per heavy atom. The van der Waals surface area contributed by atoms with Gasteiger partial charge in [0.2, 0.25) is 11.6 Å². The maximum Gasteiger partial charge on any atom is 0.240 e. The van der Waals surface area contributed by atoms with Crippen molar-refractivity contribution in [2.24, 2.45) is 0 Å². The smallest absolute Gasteiger partial charge is 0.240 e. The summed E-state index contributed by atoms with van der Waals surface area (Å²) in [6.07, 6.45) is 5.44. The summed E-state index contributed by atoms with van der Waals surface area (Å²) in [5, 5.41) is 1.64. The van der Waals surface area contributed by atoms with E-state index in [0.29, 0.717) is 11.8 Å². The Bertz CT molecular complexity index is 480. The van der Waals surface area contributed by atoms with Crippen LogP contribution in [0.3, 0.4) is 0 Å². The molecule has 1 aromatic rings. The Balaban J connectivity index is 2.03. The van der Waals surface area contributed by atoms with Crippen LogP contribution >= 0.6 is 11.8 Å². The van der Waals surface area contributed by atoms with E-state index >= 15 is 0 Å². The van der Waals surface area contributed by atoms with Gasteiger partial charge in [0.05, 0.1) is 12.2 Å². The molecule has 0 N–H and O–H groups in total. The van der Waals surface area contributed by atoms with Gasteiger partial charge >= 0.3 is 0 Å². The molecule has 0 amide bonds. The average Bonchev–Trinajstić information content (AvgIpc) is 2.48. The van der Waals surface area contributed by atoms with Crippen molar-refractivity contribution in [3.63, 3.8) is 0 Å². The average molecular weight is 310 g/mol. The van der Waals surface area contributed by atoms with E-state index in [1.807, 2.05) is 34.7 Å². The zero-order valence-electron chi connectivity index (χ0n) is 13.0. The van der Waals surface area contributed by atoms with Gasteiger partial charge in [0, 0.05) is 38.5 Å². The van der Waals surface area contributed by atoms with Crippen LogP contribution in [0.15, 0.2) is 29.4 Å². The van der Waals surface area contributed by atoms with Crippen molar-refractivity contribution in [2.45, 2.75) is 55.2 Å². The molecule has 1 aliphatic carbocycles. The van der Waals surface area contributed by atoms with Crippen LogP contribution in [0.25, 0.3) is 0 Å². The zero-order valence-corrected chi connectivity index (χ0v) is 13.8. The quantitative estimate of drug-likeness (QED) is 0.756. The van der Waals surface area contributed by atoms with Crippen LogP contribution in [0.5, 0.6) is 0 Å². The van der Waals surface area contributed by atoms with Gasteiger partial charge in [-0.05, 0) is 25.3 Å². The van der Waals surface area contributed by atoms with E-state index in [4.69, 9.17) is 9.47 Å². The molecule has 21 heavy (non-hydrogen) atoms. The molecule has 1 saturated carbocycles. The van der Waals surface area contributed by atoms with Gasteiger partial charge in [0.15, 0.2) is 12.0 Å². The van der Waals surface area contributed by atoms with Crippen LogP contribution in [0.2, 0.25) is 0 Å². The van der Waals surface area contributed by atoms with Crippen LogP contribution in [0, 0.1) is 0 Å². The highest BCUT2D eigenvalue weighted by Gasteiger charge is 2.32. The summed E-state index contributed by atoms with van der Waals surface area (Å²) >= 11 is 1.84. The third-order valence-electron chi connectivity index (χ3n) is 3.87. The molecule has 2 rings (SSSR count). The van der Waals surface area contributed by atoms with Crippen molar-refractivity contribution in [3.05, 3.63) is 24.4 Å². The number of methoxy groups -OCH3 is 2. The molecule has 0 aromatic carbocycles. The molecule has 0 bridgehead atoms. The first-order valence-corrected chi connectivity index (χ1v) is 8.22. The number of hydrogen-bond donors (Lipinski definition) is 0. The molecule has 0 saturated heterocycles. The Kier molecular flexibility index (Phi) is 6.21. The number of Topliss-reactive ketones (excluding diaryl/α,β-unsaturated/α-hetero) is 1. The molecule has 4 nitrogen and oxygen atoms in total. The Morgan fingerprint density at radius 1 is 1.29 bits per heavy atom. The lowest BCUT2D eigenvalue weighted by atomic mass is 9.94. The Labute approximate surface area is 130 Å². The fourth-order valence-corrected chi connectivity index (χ4v) is 4.10. The lowest BCUT2D eigenvalue weighted by Crippen LogP contribution is -2.41. The second-order valence-corrected chi connectivity index (χ2v) is 6.79. The van der Waals surface area contributed by atoms with E-state index < -0.39 is 0 Å². The predicted molar refractivity (Wildman–Crippen MR) is 82.4 cm³/mol. The first kappa shape index (κ1) is 16.5. The first-order valence-electron chi connectivity index (χ1n) is 7.34. The zero-order chi connectivity index (χ0) is 15.2. The minimum atomic E-state index is 0.159. The summed E-state index contributed by atoms with van der Waals surface area (Å²) in [7, 11) is 3.50. The standard InChI is InChI=1S/C16H24NO3S/c1-12(18)11-17-9-5-4-6-16(17)21-13-7-8-14(19-2)15(10-13)20-3/h4-6,9,13-15H,7-8,10-11H2,1-3H3/q+1/t13-,14-,15-/m1/s1. The number of rotatable bonds is 6. The number of thioether (sulfide) groups is 1. The molecule has 1 aliphatic rings. The van der Waals surface area contributed by atoms with Crippen LogP contribution in [-0.2, 0) is 20.8 Å². The Hall–Kier alpha value is -0.910. The van der Waals surface area contributed by atoms with Gasteiger partial charge in [-0.2, -0.15) is 4.57 Å². The van der Waals surface area contributed by atoms with E-state index in [0.717, 1.165) is 24.3 Å². The monoisotopic (exact) mass is 310 g/mol. The minimum Gasteiger partial charge on any atom is -0.379 e. The van der Waals surface area contributed by atoms with E-state index in [-0.39, 0.29) is 18.0 Å². The Morgan fingerprint density at radius 2 is 2.05 bits per heavy atom. The number of carbonyl (C=O) groups is 1. The maximum atomic E-state index is 11.4. The van der Waals surface area contributed by atoms with Crippen molar-refractivity contribution in [1.29, 1.82) is 0 Å². The highest BCUT2D eigenvalue weighted by molar-refractivity contribution is 7.99. The predicted octanol–water partition coefficient (Wildman–Crippen LogP) is 2.24. The fourth-order valence-electron chi connectivity index (χ4n) is 2.80. The molecule has 5 heteroatoms. The minimum absolute atomic E-state index is 0.159. The summed E-state index contributed by atoms with van der Waals surface area (Å²) in [5.74, 6) is 0.172. The van der Waals surface area contributed by atoms with Crippen LogP contribution in [0.1, 0.15) is 26.2 Å². The summed E-state index contributed by atoms with van der Waals surface area (Å²) in [6, 6.07) is 6.07. The topological polar surface area (TPSA) is 39.4 Å². The first-order chi connectivity index (χ1) is 10.1. The van der Waals surface area contributed by atoms with Gasteiger partial charge in [0.25, 0.3) is 0 Å². The lowest BCUT2D eigenvalue weighted by Gasteiger charge is -2.33. The molecule has 0 aliphatic heterocycles. The normalized spacial score (nSPS) is 25.8. The lowest BCUT2D eigenvalue weighted by molar-refractivity contribution is -0.720. The molecule has 116 valence electrons. The van der Waals surface area contributed by atoms with E-state index in [9.17, 15) is 4.79 Å². The summed E-state index contributed by atoms with van der Waals surface area (Å²) in [5.41, 5.74) is 0. The number of hydrogen-bond acceptors (Lipinski definition) is 4. The third kappa shape index (κ3) is 4.53. The largest absolute Gasteiger partial charge is 0.379 e. The number of aromatic nitrogens is 1. The van der Waals surface area contributed by atoms with Crippen LogP contribution in [0.4, 0.5) is 0 Å². The van der Waals surface area contributed by atoms with Crippen molar-refractivity contribution in [2.75, 3.05) is 14.2 Å². The summed E-state index contributed by atoms with van der Waals surface area (Å²) < 4.78 is 13.1. The van der Waals surface area contributed by atoms with Crippen molar-refractivity contribution < 1.29 is 18.8 Å². The number of ether oxygens (including phenoxy) is 2. The number of pyridine rings is 1. The maximum absolute atomic E-state index is 11.4. The second kappa shape index (κ2) is 7.92. The molecular formula is C16H24NO3S+. The van der Waals surface area contributed by atoms with Crippen molar-refractivity contribution in [3.8, 4) is 0 Å². The fraction of sp³-hybridized carbons (Fsp3) is 0.625. The molecule has 1 fully saturated rings. The summed E-state index contributed by atoms with van der Waals surface area (Å²) in [4.78, 5) is 11.4. The number of nitrogens with zero attached hydrogens (tertiary/aromatic N) is 1. The SMILES string of the molecule is CO[C@@H]1CC[C@@H](Sc2cccc[n+]2CC(C)=O)C[C@H]1OC. The van der Waals surface area contributed by atoms with Gasteiger partial charge in [-0.3, -0.25) is 4.79 Å². The molecule has 3 atom stereocenters. The van der Waals surface area contributed by atoms with E-state index in [1.165, 1.54) is 0 Å². The molecule has 0 radical (unpaired) electrons. The van der Waals surface area contributed by atoms with Gasteiger partial charge in [-0.1, -0.05) is 11.8 Å². The van der Waals surface area contributed by atoms with Crippen molar-refractivity contribution in [1.82, 2.24) is 0 Å². The molecular weight excluding hydrogens is 286 g/mol. The van der Waals surface area contributed by atoms with Gasteiger partial charge in [-0.15, -0.1) is 0 Å². The number of ketones is 1. The molecule has 1 aromatic heterocycles. The van der Waals surface area contributed by atoms with Crippen LogP contribution < -0.4 is 4.57 Å². The highest BCUT2D eigenvalue weighted by atomic mass is 32.2. The number of carbonyl (C=O) groups excluding carboxylic acids is 1. The van der Waals surface area contributed by atoms with Gasteiger partial charge in [0.1, 0.15) is 0 Å². The molecule has 1 heterocycles. The molecule has 0 spiro atoms. The van der Waals surface area contributed by atoms with Crippen molar-refractivity contribution >= 4 is 17.5 Å². The summed E-state index contributed by atoms with van der Waals surface area (Å²) in [6.45, 7) is 2.06. The van der Waals surface area contributed by atoms with Gasteiger partial charge in [-0.25, -0.2) is 0 Å². The van der Waals surface area contributed by atoms with Crippen LogP contribution in [-0.4, -0.2) is 37.5 Å². The molecule has 0 unspecified atom stereocenters. The third-order valence-corrected chi connectivity index (χ3v) is 5.24.